The fourth-order valence-corrected chi connectivity index (χ4v) is 4.49. The zero-order chi connectivity index (χ0) is 22.3. The third-order valence-corrected chi connectivity index (χ3v) is 6.00. The average molecular weight is 464 g/mol. The molecular weight excluding hydrogens is 437 g/mol. The Labute approximate surface area is 192 Å². The fraction of sp³-hybridized carbons (Fsp3) is 0.500. The molecule has 9 heteroatoms. The number of nitrogens with one attached hydrogen (secondary N) is 1. The Hall–Kier alpha value is -2.25. The number of hydrogen-bond acceptors (Lipinski definition) is 5. The van der Waals surface area contributed by atoms with Gasteiger partial charge in [0.25, 0.3) is 0 Å². The van der Waals surface area contributed by atoms with Crippen molar-refractivity contribution in [1.29, 1.82) is 0 Å². The Morgan fingerprint density at radius 1 is 1.29 bits per heavy atom. The summed E-state index contributed by atoms with van der Waals surface area (Å²) in [7, 11) is 0. The molecule has 0 saturated heterocycles. The zero-order valence-electron chi connectivity index (χ0n) is 18.0. The van der Waals surface area contributed by atoms with E-state index in [2.05, 4.69) is 22.2 Å². The molecule has 0 atom stereocenters. The maximum absolute atomic E-state index is 12.6. The Balaban J connectivity index is 1.75. The molecule has 2 heterocycles. The first-order valence-corrected chi connectivity index (χ1v) is 11.3. The van der Waals surface area contributed by atoms with Crippen molar-refractivity contribution in [2.24, 2.45) is 0 Å². The monoisotopic (exact) mass is 463 g/mol. The van der Waals surface area contributed by atoms with Crippen molar-refractivity contribution in [3.05, 3.63) is 33.4 Å². The Morgan fingerprint density at radius 3 is 2.71 bits per heavy atom. The number of nitrogen functional groups attached to an aromatic ring is 1. The molecule has 1 saturated carbocycles. The zero-order valence-corrected chi connectivity index (χ0v) is 19.5. The lowest BCUT2D eigenvalue weighted by atomic mass is 10.0. The molecule has 1 aromatic heterocycles. The van der Waals surface area contributed by atoms with Crippen LogP contribution in [0.2, 0.25) is 10.0 Å². The third-order valence-electron chi connectivity index (χ3n) is 5.49. The molecule has 1 fully saturated rings. The van der Waals surface area contributed by atoms with Gasteiger partial charge >= 0.3 is 6.03 Å². The van der Waals surface area contributed by atoms with Crippen LogP contribution in [-0.4, -0.2) is 32.5 Å². The van der Waals surface area contributed by atoms with Crippen LogP contribution in [0.4, 0.5) is 10.7 Å². The summed E-state index contributed by atoms with van der Waals surface area (Å²) < 4.78 is 6.36. The number of carbonyl (C=O) groups is 1. The predicted octanol–water partition coefficient (Wildman–Crippen LogP) is 5.18. The summed E-state index contributed by atoms with van der Waals surface area (Å²) in [5.41, 5.74) is 8.35. The van der Waals surface area contributed by atoms with Gasteiger partial charge in [-0.2, -0.15) is 0 Å². The lowest BCUT2D eigenvalue weighted by Gasteiger charge is -2.28. The van der Waals surface area contributed by atoms with Gasteiger partial charge in [0, 0.05) is 16.6 Å². The molecule has 31 heavy (non-hydrogen) atoms. The lowest BCUT2D eigenvalue weighted by Crippen LogP contribution is -2.37. The van der Waals surface area contributed by atoms with Gasteiger partial charge in [-0.15, -0.1) is 0 Å². The normalized spacial score (nSPS) is 15.7. The average Bonchev–Trinajstić information content (AvgIpc) is 3.35. The van der Waals surface area contributed by atoms with E-state index in [1.54, 1.807) is 17.0 Å². The molecule has 2 amide bonds. The molecule has 0 spiro atoms. The second-order valence-corrected chi connectivity index (χ2v) is 9.65. The van der Waals surface area contributed by atoms with Gasteiger partial charge in [0.2, 0.25) is 5.95 Å². The number of nitrogens with two attached hydrogens (primary N) is 1. The van der Waals surface area contributed by atoms with Crippen molar-refractivity contribution in [2.45, 2.75) is 71.2 Å². The minimum Gasteiger partial charge on any atom is -0.487 e. The summed E-state index contributed by atoms with van der Waals surface area (Å²) in [5, 5.41) is 3.90. The van der Waals surface area contributed by atoms with Crippen molar-refractivity contribution in [1.82, 2.24) is 20.2 Å². The summed E-state index contributed by atoms with van der Waals surface area (Å²) in [6.07, 6.45) is 3.88. The van der Waals surface area contributed by atoms with E-state index in [0.717, 1.165) is 36.9 Å². The van der Waals surface area contributed by atoms with Gasteiger partial charge < -0.3 is 20.7 Å². The van der Waals surface area contributed by atoms with E-state index in [-0.39, 0.29) is 18.0 Å². The number of benzene rings is 1. The first kappa shape index (κ1) is 22.0. The van der Waals surface area contributed by atoms with Crippen LogP contribution in [0.1, 0.15) is 57.7 Å². The number of urea groups is 1. The number of ether oxygens (including phenoxy) is 1. The van der Waals surface area contributed by atoms with Crippen LogP contribution in [0.15, 0.2) is 12.1 Å². The van der Waals surface area contributed by atoms with Crippen LogP contribution in [0.5, 0.6) is 5.75 Å². The molecule has 1 aliphatic carbocycles. The summed E-state index contributed by atoms with van der Waals surface area (Å²) in [4.78, 5) is 23.2. The minimum atomic E-state index is -0.421. The molecule has 1 aliphatic heterocycles. The van der Waals surface area contributed by atoms with Crippen molar-refractivity contribution < 1.29 is 9.53 Å². The van der Waals surface area contributed by atoms with Gasteiger partial charge in [0.15, 0.2) is 0 Å². The topological polar surface area (TPSA) is 93.4 Å². The summed E-state index contributed by atoms with van der Waals surface area (Å²) in [5.74, 6) is 0.667. The standard InChI is InChI=1S/C22H27Cl2N5O2/c1-4-7-22(2,3)31-17-9-12(23)8-15(24)18(17)19-14-10-29(21(30)26-13-5-6-13)11-16(14)27-20(25)28-19/h8-9,13H,4-7,10-11H2,1-3H3,(H,26,30)(H2,25,27,28). The summed E-state index contributed by atoms with van der Waals surface area (Å²) in [6, 6.07) is 3.58. The van der Waals surface area contributed by atoms with E-state index in [9.17, 15) is 4.79 Å². The number of anilines is 1. The van der Waals surface area contributed by atoms with Crippen molar-refractivity contribution in [3.63, 3.8) is 0 Å². The molecule has 2 aliphatic rings. The molecule has 166 valence electrons. The molecule has 7 nitrogen and oxygen atoms in total. The summed E-state index contributed by atoms with van der Waals surface area (Å²) in [6.45, 7) is 6.91. The van der Waals surface area contributed by atoms with Crippen molar-refractivity contribution in [3.8, 4) is 17.0 Å². The van der Waals surface area contributed by atoms with Crippen molar-refractivity contribution >= 4 is 35.2 Å². The first-order chi connectivity index (χ1) is 14.7. The van der Waals surface area contributed by atoms with Gasteiger partial charge in [-0.25, -0.2) is 14.8 Å². The molecule has 2 aromatic rings. The first-order valence-electron chi connectivity index (χ1n) is 10.6. The number of aromatic nitrogens is 2. The Kier molecular flexibility index (Phi) is 5.92. The van der Waals surface area contributed by atoms with Crippen LogP contribution in [0.3, 0.4) is 0 Å². The molecule has 0 bridgehead atoms. The lowest BCUT2D eigenvalue weighted by molar-refractivity contribution is 0.0993. The Bertz CT molecular complexity index is 1020. The second kappa shape index (κ2) is 8.36. The number of nitrogens with zero attached hydrogens (tertiary/aromatic N) is 3. The van der Waals surface area contributed by atoms with E-state index >= 15 is 0 Å². The number of carbonyl (C=O) groups excluding carboxylic acids is 1. The number of halogens is 2. The number of rotatable bonds is 6. The van der Waals surface area contributed by atoms with E-state index in [1.807, 2.05) is 13.8 Å². The molecule has 1 aromatic carbocycles. The van der Waals surface area contributed by atoms with E-state index in [1.165, 1.54) is 0 Å². The molecule has 3 N–H and O–H groups in total. The SMILES string of the molecule is CCCC(C)(C)Oc1cc(Cl)cc(Cl)c1-c1nc(N)nc2c1CN(C(=O)NC1CC1)C2. The molecule has 0 radical (unpaired) electrons. The second-order valence-electron chi connectivity index (χ2n) is 8.81. The van der Waals surface area contributed by atoms with Crippen LogP contribution in [-0.2, 0) is 13.1 Å². The van der Waals surface area contributed by atoms with Crippen LogP contribution in [0, 0.1) is 0 Å². The van der Waals surface area contributed by atoms with Gasteiger partial charge in [0.1, 0.15) is 11.4 Å². The van der Waals surface area contributed by atoms with E-state index in [4.69, 9.17) is 33.7 Å². The largest absolute Gasteiger partial charge is 0.487 e. The molecule has 4 rings (SSSR count). The third kappa shape index (κ3) is 4.83. The predicted molar refractivity (Wildman–Crippen MR) is 122 cm³/mol. The number of amides is 2. The number of fused-ring (bicyclic) bond motifs is 1. The molecule has 0 unspecified atom stereocenters. The summed E-state index contributed by atoms with van der Waals surface area (Å²) >= 11 is 12.9. The van der Waals surface area contributed by atoms with Crippen LogP contribution in [0.25, 0.3) is 11.3 Å². The highest BCUT2D eigenvalue weighted by atomic mass is 35.5. The Morgan fingerprint density at radius 2 is 2.03 bits per heavy atom. The molecular formula is C22H27Cl2N5O2. The quantitative estimate of drug-likeness (QED) is 0.615. The van der Waals surface area contributed by atoms with Crippen molar-refractivity contribution in [2.75, 3.05) is 5.73 Å². The van der Waals surface area contributed by atoms with Gasteiger partial charge in [-0.1, -0.05) is 36.5 Å². The fourth-order valence-electron chi connectivity index (χ4n) is 3.93. The highest BCUT2D eigenvalue weighted by Gasteiger charge is 2.33. The minimum absolute atomic E-state index is 0.104. The maximum Gasteiger partial charge on any atom is 0.318 e. The highest BCUT2D eigenvalue weighted by molar-refractivity contribution is 6.37. The number of hydrogen-bond donors (Lipinski definition) is 2. The maximum atomic E-state index is 12.6. The highest BCUT2D eigenvalue weighted by Crippen LogP contribution is 2.43. The smallest absolute Gasteiger partial charge is 0.318 e. The van der Waals surface area contributed by atoms with Gasteiger partial charge in [-0.05, 0) is 45.2 Å². The van der Waals surface area contributed by atoms with Crippen LogP contribution >= 0.6 is 23.2 Å². The van der Waals surface area contributed by atoms with E-state index < -0.39 is 5.60 Å². The van der Waals surface area contributed by atoms with Gasteiger partial charge in [0.05, 0.1) is 35.1 Å². The van der Waals surface area contributed by atoms with Gasteiger partial charge in [-0.3, -0.25) is 0 Å². The van der Waals surface area contributed by atoms with E-state index in [0.29, 0.717) is 40.1 Å². The van der Waals surface area contributed by atoms with Crippen LogP contribution < -0.4 is 15.8 Å².